The van der Waals surface area contributed by atoms with Crippen LogP contribution in [0.2, 0.25) is 0 Å². The van der Waals surface area contributed by atoms with Crippen molar-refractivity contribution in [1.82, 2.24) is 9.29 Å². The molecule has 156 valence electrons. The molecule has 0 bridgehead atoms. The van der Waals surface area contributed by atoms with Gasteiger partial charge in [0.25, 0.3) is 0 Å². The second-order valence-electron chi connectivity index (χ2n) is 7.12. The molecule has 2 heterocycles. The summed E-state index contributed by atoms with van der Waals surface area (Å²) < 4.78 is 40.2. The van der Waals surface area contributed by atoms with Gasteiger partial charge >= 0.3 is 0 Å². The number of rotatable bonds is 5. The minimum atomic E-state index is -3.89. The number of halogens is 1. The minimum Gasteiger partial charge on any atom is -0.301 e. The van der Waals surface area contributed by atoms with E-state index < -0.39 is 27.8 Å². The monoisotopic (exact) mass is 445 g/mol. The Morgan fingerprint density at radius 1 is 1.17 bits per heavy atom. The summed E-state index contributed by atoms with van der Waals surface area (Å²) in [6.07, 6.45) is 0.994. The molecule has 1 fully saturated rings. The lowest BCUT2D eigenvalue weighted by molar-refractivity contribution is -0.119. The van der Waals surface area contributed by atoms with Gasteiger partial charge in [-0.25, -0.2) is 17.8 Å². The highest BCUT2D eigenvalue weighted by molar-refractivity contribution is 7.89. The number of aromatic nitrogens is 1. The third kappa shape index (κ3) is 4.14. The van der Waals surface area contributed by atoms with Gasteiger partial charge in [0.15, 0.2) is 5.13 Å². The smallest absolute Gasteiger partial charge is 0.244 e. The number of hydrogen-bond donors (Lipinski definition) is 1. The van der Waals surface area contributed by atoms with E-state index in [9.17, 15) is 17.6 Å². The normalized spacial score (nSPS) is 17.2. The number of carbonyl (C=O) groups excluding carboxylic acids is 1. The van der Waals surface area contributed by atoms with Crippen LogP contribution >= 0.6 is 11.3 Å². The molecule has 4 rings (SSSR count). The van der Waals surface area contributed by atoms with Gasteiger partial charge in [-0.05, 0) is 44.0 Å². The van der Waals surface area contributed by atoms with E-state index in [1.165, 1.54) is 27.8 Å². The fraction of sp³-hybridized carbons (Fsp3) is 0.238. The van der Waals surface area contributed by atoms with Crippen molar-refractivity contribution in [1.29, 1.82) is 0 Å². The van der Waals surface area contributed by atoms with Crippen molar-refractivity contribution in [3.05, 3.63) is 65.3 Å². The zero-order chi connectivity index (χ0) is 21.3. The van der Waals surface area contributed by atoms with Crippen molar-refractivity contribution in [2.45, 2.75) is 30.7 Å². The number of nitrogens with one attached hydrogen (secondary N) is 1. The van der Waals surface area contributed by atoms with Crippen LogP contribution < -0.4 is 5.32 Å². The zero-order valence-electron chi connectivity index (χ0n) is 16.2. The summed E-state index contributed by atoms with van der Waals surface area (Å²) in [4.78, 5) is 17.3. The highest BCUT2D eigenvalue weighted by atomic mass is 32.2. The molecule has 1 aliphatic heterocycles. The molecule has 9 heteroatoms. The summed E-state index contributed by atoms with van der Waals surface area (Å²) in [5.74, 6) is -0.930. The summed E-state index contributed by atoms with van der Waals surface area (Å²) in [5.41, 5.74) is 2.84. The zero-order valence-corrected chi connectivity index (χ0v) is 17.8. The summed E-state index contributed by atoms with van der Waals surface area (Å²) in [5, 5.41) is 5.02. The van der Waals surface area contributed by atoms with Crippen LogP contribution in [0.4, 0.5) is 9.52 Å². The molecule has 2 aromatic carbocycles. The van der Waals surface area contributed by atoms with Crippen LogP contribution in [0.5, 0.6) is 0 Å². The average molecular weight is 446 g/mol. The first-order valence-electron chi connectivity index (χ1n) is 9.45. The Hall–Kier alpha value is -2.62. The van der Waals surface area contributed by atoms with Crippen LogP contribution in [-0.2, 0) is 14.8 Å². The van der Waals surface area contributed by atoms with Gasteiger partial charge in [-0.2, -0.15) is 4.31 Å². The Labute approximate surface area is 178 Å². The van der Waals surface area contributed by atoms with Gasteiger partial charge in [0, 0.05) is 17.5 Å². The number of benzene rings is 2. The molecule has 6 nitrogen and oxygen atoms in total. The highest BCUT2D eigenvalue weighted by Gasteiger charge is 2.39. The highest BCUT2D eigenvalue weighted by Crippen LogP contribution is 2.29. The summed E-state index contributed by atoms with van der Waals surface area (Å²) in [6, 6.07) is 11.7. The third-order valence-corrected chi connectivity index (χ3v) is 7.69. The molecule has 0 radical (unpaired) electrons. The van der Waals surface area contributed by atoms with E-state index in [0.29, 0.717) is 18.0 Å². The first-order valence-corrected chi connectivity index (χ1v) is 11.8. The van der Waals surface area contributed by atoms with Crippen molar-refractivity contribution in [3.63, 3.8) is 0 Å². The lowest BCUT2D eigenvalue weighted by Crippen LogP contribution is -2.43. The largest absolute Gasteiger partial charge is 0.301 e. The second-order valence-corrected chi connectivity index (χ2v) is 9.87. The first kappa shape index (κ1) is 20.6. The third-order valence-electron chi connectivity index (χ3n) is 5.01. The van der Waals surface area contributed by atoms with Gasteiger partial charge in [-0.15, -0.1) is 11.3 Å². The number of amides is 1. The Morgan fingerprint density at radius 3 is 2.57 bits per heavy atom. The Balaban J connectivity index is 1.50. The molecular weight excluding hydrogens is 425 g/mol. The number of aryl methyl sites for hydroxylation is 1. The van der Waals surface area contributed by atoms with E-state index in [-0.39, 0.29) is 11.4 Å². The van der Waals surface area contributed by atoms with Crippen molar-refractivity contribution in [3.8, 4) is 11.3 Å². The second kappa shape index (κ2) is 8.25. The van der Waals surface area contributed by atoms with Crippen molar-refractivity contribution in [2.75, 3.05) is 11.9 Å². The number of nitrogens with zero attached hydrogens (tertiary/aromatic N) is 2. The maximum Gasteiger partial charge on any atom is 0.244 e. The number of carbonyl (C=O) groups is 1. The molecule has 1 unspecified atom stereocenters. The lowest BCUT2D eigenvalue weighted by Gasteiger charge is -2.23. The van der Waals surface area contributed by atoms with Crippen LogP contribution in [0.15, 0.2) is 58.8 Å². The molecule has 0 aliphatic carbocycles. The molecule has 1 saturated heterocycles. The number of sulfonamides is 1. The van der Waals surface area contributed by atoms with Crippen LogP contribution in [-0.4, -0.2) is 36.2 Å². The summed E-state index contributed by atoms with van der Waals surface area (Å²) >= 11 is 1.29. The quantitative estimate of drug-likeness (QED) is 0.643. The topological polar surface area (TPSA) is 79.4 Å². The molecule has 0 saturated carbocycles. The maximum absolute atomic E-state index is 13.2. The van der Waals surface area contributed by atoms with E-state index in [2.05, 4.69) is 10.3 Å². The minimum absolute atomic E-state index is 0.0282. The molecule has 1 aliphatic rings. The van der Waals surface area contributed by atoms with Gasteiger partial charge in [0.2, 0.25) is 15.9 Å². The van der Waals surface area contributed by atoms with E-state index >= 15 is 0 Å². The Morgan fingerprint density at radius 2 is 1.87 bits per heavy atom. The van der Waals surface area contributed by atoms with Crippen molar-refractivity contribution in [2.24, 2.45) is 0 Å². The van der Waals surface area contributed by atoms with Gasteiger partial charge in [-0.3, -0.25) is 4.79 Å². The van der Waals surface area contributed by atoms with E-state index in [1.54, 1.807) is 0 Å². The average Bonchev–Trinajstić information content (AvgIpc) is 3.39. The van der Waals surface area contributed by atoms with Crippen LogP contribution in [0.25, 0.3) is 11.3 Å². The molecule has 1 amide bonds. The number of hydrogen-bond acceptors (Lipinski definition) is 5. The number of thiazole rings is 1. The summed E-state index contributed by atoms with van der Waals surface area (Å²) in [7, 11) is -3.89. The molecule has 1 N–H and O–H groups in total. The van der Waals surface area contributed by atoms with E-state index in [1.807, 2.05) is 36.6 Å². The van der Waals surface area contributed by atoms with Gasteiger partial charge < -0.3 is 5.32 Å². The van der Waals surface area contributed by atoms with Crippen molar-refractivity contribution < 1.29 is 17.6 Å². The van der Waals surface area contributed by atoms with E-state index in [0.717, 1.165) is 29.0 Å². The molecule has 1 atom stereocenters. The van der Waals surface area contributed by atoms with Gasteiger partial charge in [-0.1, -0.05) is 29.8 Å². The predicted molar refractivity (Wildman–Crippen MR) is 114 cm³/mol. The van der Waals surface area contributed by atoms with Crippen molar-refractivity contribution >= 4 is 32.4 Å². The van der Waals surface area contributed by atoms with E-state index in [4.69, 9.17) is 0 Å². The van der Waals surface area contributed by atoms with Gasteiger partial charge in [0.1, 0.15) is 11.9 Å². The molecule has 3 aromatic rings. The number of anilines is 1. The van der Waals surface area contributed by atoms with Gasteiger partial charge in [0.05, 0.1) is 10.6 Å². The van der Waals surface area contributed by atoms with Crippen LogP contribution in [0.3, 0.4) is 0 Å². The molecule has 30 heavy (non-hydrogen) atoms. The summed E-state index contributed by atoms with van der Waals surface area (Å²) in [6.45, 7) is 2.24. The molecule has 0 spiro atoms. The lowest BCUT2D eigenvalue weighted by atomic mass is 10.1. The SMILES string of the molecule is Cc1ccc(-c2csc(NC(=O)C3CCCN3S(=O)(=O)c3ccc(F)cc3)n2)cc1. The molecular formula is C21H20FN3O3S2. The van der Waals surface area contributed by atoms with Crippen LogP contribution in [0, 0.1) is 12.7 Å². The fourth-order valence-electron chi connectivity index (χ4n) is 3.41. The Bertz CT molecular complexity index is 1160. The predicted octanol–water partition coefficient (Wildman–Crippen LogP) is 4.05. The Kier molecular flexibility index (Phi) is 5.68. The van der Waals surface area contributed by atoms with Crippen LogP contribution in [0.1, 0.15) is 18.4 Å². The standard InChI is InChI=1S/C21H20FN3O3S2/c1-14-4-6-15(7-5-14)18-13-29-21(23-18)24-20(26)19-3-2-12-25(19)30(27,28)17-10-8-16(22)9-11-17/h4-11,13,19H,2-3,12H2,1H3,(H,23,24,26). The molecule has 1 aromatic heterocycles. The fourth-order valence-corrected chi connectivity index (χ4v) is 5.79. The first-order chi connectivity index (χ1) is 14.3. The maximum atomic E-state index is 13.2.